The Morgan fingerprint density at radius 2 is 2.00 bits per heavy atom. The minimum Gasteiger partial charge on any atom is -0.465 e. The van der Waals surface area contributed by atoms with Crippen LogP contribution in [-0.4, -0.2) is 56.7 Å². The lowest BCUT2D eigenvalue weighted by molar-refractivity contribution is -0.133. The van der Waals surface area contributed by atoms with Crippen LogP contribution in [0.2, 0.25) is 0 Å². The zero-order chi connectivity index (χ0) is 17.0. The van der Waals surface area contributed by atoms with E-state index in [2.05, 4.69) is 26.1 Å². The zero-order valence-electron chi connectivity index (χ0n) is 14.1. The van der Waals surface area contributed by atoms with Gasteiger partial charge in [-0.15, -0.1) is 11.3 Å². The van der Waals surface area contributed by atoms with E-state index in [1.807, 2.05) is 6.07 Å². The number of hydrogen-bond donors (Lipinski definition) is 1. The van der Waals surface area contributed by atoms with Gasteiger partial charge in [0.05, 0.1) is 32.6 Å². The Balaban J connectivity index is 2.09. The van der Waals surface area contributed by atoms with Crippen molar-refractivity contribution in [3.05, 3.63) is 15.8 Å². The summed E-state index contributed by atoms with van der Waals surface area (Å²) in [6.45, 7) is 8.79. The van der Waals surface area contributed by atoms with Gasteiger partial charge in [0.2, 0.25) is 5.91 Å². The van der Waals surface area contributed by atoms with Crippen molar-refractivity contribution in [1.82, 2.24) is 4.90 Å². The van der Waals surface area contributed by atoms with Crippen molar-refractivity contribution in [3.8, 4) is 0 Å². The van der Waals surface area contributed by atoms with Crippen LogP contribution in [0.25, 0.3) is 0 Å². The van der Waals surface area contributed by atoms with E-state index in [1.54, 1.807) is 4.90 Å². The minimum absolute atomic E-state index is 0.00706. The van der Waals surface area contributed by atoms with E-state index >= 15 is 0 Å². The molecule has 1 aromatic heterocycles. The maximum Gasteiger partial charge on any atom is 0.350 e. The zero-order valence-corrected chi connectivity index (χ0v) is 14.9. The molecule has 23 heavy (non-hydrogen) atoms. The number of hydrogen-bond acceptors (Lipinski definition) is 6. The molecule has 0 unspecified atom stereocenters. The quantitative estimate of drug-likeness (QED) is 0.850. The lowest BCUT2D eigenvalue weighted by Crippen LogP contribution is -2.43. The molecule has 2 heterocycles. The maximum atomic E-state index is 12.2. The molecule has 128 valence electrons. The van der Waals surface area contributed by atoms with Crippen LogP contribution in [0, 0.1) is 0 Å². The van der Waals surface area contributed by atoms with Gasteiger partial charge in [0.15, 0.2) is 0 Å². The third-order valence-electron chi connectivity index (χ3n) is 3.64. The Morgan fingerprint density at radius 3 is 2.57 bits per heavy atom. The first-order valence-corrected chi connectivity index (χ1v) is 8.46. The molecule has 2 rings (SSSR count). The number of amides is 1. The Bertz CT molecular complexity index is 571. The third kappa shape index (κ3) is 4.45. The van der Waals surface area contributed by atoms with Crippen molar-refractivity contribution in [2.45, 2.75) is 26.2 Å². The summed E-state index contributed by atoms with van der Waals surface area (Å²) in [7, 11) is 1.36. The monoisotopic (exact) mass is 340 g/mol. The fraction of sp³-hybridized carbons (Fsp3) is 0.625. The Morgan fingerprint density at radius 1 is 1.35 bits per heavy atom. The van der Waals surface area contributed by atoms with Gasteiger partial charge in [0.1, 0.15) is 4.88 Å². The summed E-state index contributed by atoms with van der Waals surface area (Å²) in [5.74, 6) is -0.376. The predicted molar refractivity (Wildman–Crippen MR) is 90.2 cm³/mol. The Kier molecular flexibility index (Phi) is 5.64. The van der Waals surface area contributed by atoms with Gasteiger partial charge in [-0.3, -0.25) is 4.79 Å². The number of anilines is 1. The molecular weight excluding hydrogens is 316 g/mol. The summed E-state index contributed by atoms with van der Waals surface area (Å²) >= 11 is 1.40. The first-order valence-electron chi connectivity index (χ1n) is 7.65. The van der Waals surface area contributed by atoms with Crippen molar-refractivity contribution in [3.63, 3.8) is 0 Å². The molecule has 0 saturated carbocycles. The number of esters is 1. The standard InChI is InChI=1S/C16H24N2O4S/c1-16(2,3)12-9-11(14(23-12)15(20)21-4)17-10-13(19)18-5-7-22-8-6-18/h9,17H,5-8,10H2,1-4H3. The van der Waals surface area contributed by atoms with Crippen LogP contribution < -0.4 is 5.32 Å². The number of rotatable bonds is 4. The maximum absolute atomic E-state index is 12.2. The van der Waals surface area contributed by atoms with Gasteiger partial charge in [-0.1, -0.05) is 20.8 Å². The molecule has 7 heteroatoms. The Hall–Kier alpha value is -1.60. The molecule has 0 aliphatic carbocycles. The number of carbonyl (C=O) groups excluding carboxylic acids is 2. The molecular formula is C16H24N2O4S. The van der Waals surface area contributed by atoms with Crippen molar-refractivity contribution in [2.75, 3.05) is 45.3 Å². The van der Waals surface area contributed by atoms with E-state index in [0.717, 1.165) is 4.88 Å². The highest BCUT2D eigenvalue weighted by atomic mass is 32.1. The second kappa shape index (κ2) is 7.31. The SMILES string of the molecule is COC(=O)c1sc(C(C)(C)C)cc1NCC(=O)N1CCOCC1. The molecule has 1 N–H and O–H groups in total. The van der Waals surface area contributed by atoms with Gasteiger partial charge in [-0.05, 0) is 11.5 Å². The number of nitrogens with one attached hydrogen (secondary N) is 1. The predicted octanol–water partition coefficient (Wildman–Crippen LogP) is 2.10. The molecule has 0 bridgehead atoms. The van der Waals surface area contributed by atoms with E-state index in [4.69, 9.17) is 9.47 Å². The van der Waals surface area contributed by atoms with E-state index in [9.17, 15) is 9.59 Å². The highest BCUT2D eigenvalue weighted by Crippen LogP contribution is 2.35. The van der Waals surface area contributed by atoms with Gasteiger partial charge < -0.3 is 19.7 Å². The number of ether oxygens (including phenoxy) is 2. The van der Waals surface area contributed by atoms with Crippen LogP contribution in [0.3, 0.4) is 0 Å². The second-order valence-electron chi connectivity index (χ2n) is 6.44. The van der Waals surface area contributed by atoms with Crippen LogP contribution in [0.1, 0.15) is 35.3 Å². The normalized spacial score (nSPS) is 15.4. The molecule has 1 amide bonds. The lowest BCUT2D eigenvalue weighted by Gasteiger charge is -2.27. The molecule has 1 aliphatic heterocycles. The van der Waals surface area contributed by atoms with E-state index in [0.29, 0.717) is 36.9 Å². The molecule has 0 aromatic carbocycles. The second-order valence-corrected chi connectivity index (χ2v) is 7.49. The molecule has 6 nitrogen and oxygen atoms in total. The number of morpholine rings is 1. The molecule has 1 saturated heterocycles. The van der Waals surface area contributed by atoms with Crippen LogP contribution in [0.5, 0.6) is 0 Å². The summed E-state index contributed by atoms with van der Waals surface area (Å²) in [5, 5.41) is 3.10. The summed E-state index contributed by atoms with van der Waals surface area (Å²) in [6.07, 6.45) is 0. The molecule has 1 aliphatic rings. The fourth-order valence-electron chi connectivity index (χ4n) is 2.23. The summed E-state index contributed by atoms with van der Waals surface area (Å²) in [6, 6.07) is 1.93. The average molecular weight is 340 g/mol. The summed E-state index contributed by atoms with van der Waals surface area (Å²) in [5.41, 5.74) is 0.593. The first-order chi connectivity index (χ1) is 10.8. The molecule has 0 radical (unpaired) electrons. The smallest absolute Gasteiger partial charge is 0.350 e. The van der Waals surface area contributed by atoms with Crippen LogP contribution >= 0.6 is 11.3 Å². The van der Waals surface area contributed by atoms with E-state index < -0.39 is 0 Å². The Labute approximate surface area is 140 Å². The fourth-order valence-corrected chi connectivity index (χ4v) is 3.34. The number of carbonyl (C=O) groups is 2. The molecule has 0 spiro atoms. The van der Waals surface area contributed by atoms with Crippen molar-refractivity contribution < 1.29 is 19.1 Å². The molecule has 0 atom stereocenters. The van der Waals surface area contributed by atoms with Crippen LogP contribution in [0.4, 0.5) is 5.69 Å². The topological polar surface area (TPSA) is 67.9 Å². The van der Waals surface area contributed by atoms with Crippen LogP contribution in [0.15, 0.2) is 6.07 Å². The number of methoxy groups -OCH3 is 1. The largest absolute Gasteiger partial charge is 0.465 e. The summed E-state index contributed by atoms with van der Waals surface area (Å²) in [4.78, 5) is 27.5. The van der Waals surface area contributed by atoms with Crippen molar-refractivity contribution in [1.29, 1.82) is 0 Å². The van der Waals surface area contributed by atoms with Gasteiger partial charge in [0, 0.05) is 18.0 Å². The summed E-state index contributed by atoms with van der Waals surface area (Å²) < 4.78 is 10.1. The van der Waals surface area contributed by atoms with Gasteiger partial charge in [-0.2, -0.15) is 0 Å². The van der Waals surface area contributed by atoms with E-state index in [-0.39, 0.29) is 23.8 Å². The average Bonchev–Trinajstić information content (AvgIpc) is 2.97. The molecule has 1 fully saturated rings. The highest BCUT2D eigenvalue weighted by Gasteiger charge is 2.24. The minimum atomic E-state index is -0.383. The van der Waals surface area contributed by atoms with Gasteiger partial charge in [0.25, 0.3) is 0 Å². The van der Waals surface area contributed by atoms with Crippen LogP contribution in [-0.2, 0) is 19.7 Å². The number of thiophene rings is 1. The van der Waals surface area contributed by atoms with Gasteiger partial charge >= 0.3 is 5.97 Å². The molecule has 1 aromatic rings. The lowest BCUT2D eigenvalue weighted by atomic mass is 9.94. The van der Waals surface area contributed by atoms with Crippen molar-refractivity contribution >= 4 is 28.9 Å². The number of nitrogens with zero attached hydrogens (tertiary/aromatic N) is 1. The third-order valence-corrected chi connectivity index (χ3v) is 5.18. The first kappa shape index (κ1) is 17.7. The van der Waals surface area contributed by atoms with E-state index in [1.165, 1.54) is 18.4 Å². The highest BCUT2D eigenvalue weighted by molar-refractivity contribution is 7.14. The van der Waals surface area contributed by atoms with Gasteiger partial charge in [-0.25, -0.2) is 4.79 Å². The van der Waals surface area contributed by atoms with Crippen molar-refractivity contribution in [2.24, 2.45) is 0 Å².